The molecule has 2 aromatic carbocycles. The average molecular weight is 470 g/mol. The topological polar surface area (TPSA) is 105 Å². The van der Waals surface area contributed by atoms with Gasteiger partial charge >= 0.3 is 5.97 Å². The molecule has 0 bridgehead atoms. The first-order valence-electron chi connectivity index (χ1n) is 8.76. The van der Waals surface area contributed by atoms with Crippen LogP contribution >= 0.6 is 23.2 Å². The van der Waals surface area contributed by atoms with Crippen molar-refractivity contribution in [1.29, 1.82) is 0 Å². The summed E-state index contributed by atoms with van der Waals surface area (Å²) in [6.07, 6.45) is -0.365. The molecule has 0 fully saturated rings. The highest BCUT2D eigenvalue weighted by molar-refractivity contribution is 7.90. The van der Waals surface area contributed by atoms with E-state index in [0.717, 1.165) is 4.31 Å². The number of esters is 1. The number of amides is 1. The summed E-state index contributed by atoms with van der Waals surface area (Å²) in [5, 5.41) is 3.19. The zero-order valence-electron chi connectivity index (χ0n) is 16.0. The minimum atomic E-state index is -3.87. The molecule has 3 rings (SSSR count). The van der Waals surface area contributed by atoms with Gasteiger partial charge in [0.1, 0.15) is 10.7 Å². The quantitative estimate of drug-likeness (QED) is 0.669. The van der Waals surface area contributed by atoms with E-state index in [-0.39, 0.29) is 40.7 Å². The van der Waals surface area contributed by atoms with E-state index in [1.807, 2.05) is 0 Å². The molecule has 0 saturated heterocycles. The van der Waals surface area contributed by atoms with E-state index >= 15 is 0 Å². The summed E-state index contributed by atoms with van der Waals surface area (Å²) in [6.45, 7) is 1.82. The lowest BCUT2D eigenvalue weighted by Gasteiger charge is -2.26. The van der Waals surface area contributed by atoms with Crippen LogP contribution in [0, 0.1) is 0 Å². The van der Waals surface area contributed by atoms with Crippen LogP contribution in [0.3, 0.4) is 0 Å². The molecule has 2 aromatic rings. The molecule has 1 N–H and O–H groups in total. The Bertz CT molecular complexity index is 1160. The standard InChI is InChI=1S/C19H17Cl2N3O5S/c1-3-29-19(26)13-6-4-11(20)8-14(13)23-18(25)10-17-22-15-9-12(21)5-7-16(15)30(27,28)24(17)2/h4-9H,3,10H2,1-2H3,(H,23,25). The number of benzene rings is 2. The van der Waals surface area contributed by atoms with Crippen molar-refractivity contribution in [3.8, 4) is 0 Å². The molecule has 0 saturated carbocycles. The molecule has 158 valence electrons. The number of hydrogen-bond donors (Lipinski definition) is 1. The normalized spacial score (nSPS) is 14.5. The monoisotopic (exact) mass is 469 g/mol. The molecule has 30 heavy (non-hydrogen) atoms. The van der Waals surface area contributed by atoms with Crippen molar-refractivity contribution in [2.45, 2.75) is 18.2 Å². The first-order valence-corrected chi connectivity index (χ1v) is 11.0. The molecular weight excluding hydrogens is 453 g/mol. The Morgan fingerprint density at radius 2 is 1.80 bits per heavy atom. The number of hydrogen-bond acceptors (Lipinski definition) is 6. The fraction of sp³-hybridized carbons (Fsp3) is 0.211. The fourth-order valence-corrected chi connectivity index (χ4v) is 4.41. The Kier molecular flexibility index (Phi) is 6.35. The average Bonchev–Trinajstić information content (AvgIpc) is 2.66. The van der Waals surface area contributed by atoms with Crippen molar-refractivity contribution in [1.82, 2.24) is 4.31 Å². The Morgan fingerprint density at radius 3 is 2.50 bits per heavy atom. The van der Waals surface area contributed by atoms with Crippen LogP contribution in [-0.2, 0) is 19.6 Å². The minimum Gasteiger partial charge on any atom is -0.462 e. The summed E-state index contributed by atoms with van der Waals surface area (Å²) in [6, 6.07) is 8.56. The smallest absolute Gasteiger partial charge is 0.340 e. The van der Waals surface area contributed by atoms with Gasteiger partial charge in [0, 0.05) is 17.1 Å². The van der Waals surface area contributed by atoms with Crippen molar-refractivity contribution < 1.29 is 22.7 Å². The third kappa shape index (κ3) is 4.43. The number of halogens is 2. The number of nitrogens with one attached hydrogen (secondary N) is 1. The first-order chi connectivity index (χ1) is 14.1. The van der Waals surface area contributed by atoms with Gasteiger partial charge in [-0.25, -0.2) is 18.2 Å². The van der Waals surface area contributed by atoms with Gasteiger partial charge in [0.15, 0.2) is 0 Å². The molecular formula is C19H17Cl2N3O5S. The number of carbonyl (C=O) groups excluding carboxylic acids is 2. The Hall–Kier alpha value is -2.62. The number of anilines is 1. The van der Waals surface area contributed by atoms with E-state index < -0.39 is 21.9 Å². The lowest BCUT2D eigenvalue weighted by molar-refractivity contribution is -0.115. The van der Waals surface area contributed by atoms with Crippen molar-refractivity contribution >= 4 is 62.3 Å². The van der Waals surface area contributed by atoms with E-state index in [1.165, 1.54) is 43.4 Å². The van der Waals surface area contributed by atoms with Crippen LogP contribution in [0.2, 0.25) is 10.0 Å². The van der Waals surface area contributed by atoms with Crippen LogP contribution in [0.1, 0.15) is 23.7 Å². The molecule has 0 aliphatic carbocycles. The van der Waals surface area contributed by atoms with E-state index in [0.29, 0.717) is 10.0 Å². The Labute approximate surface area is 183 Å². The van der Waals surface area contributed by atoms with Crippen LogP contribution < -0.4 is 5.32 Å². The number of carbonyl (C=O) groups is 2. The number of aliphatic imine (C=N–C) groups is 1. The number of nitrogens with zero attached hydrogens (tertiary/aromatic N) is 2. The van der Waals surface area contributed by atoms with Gasteiger partial charge in [-0.3, -0.25) is 9.10 Å². The second kappa shape index (κ2) is 8.63. The Morgan fingerprint density at radius 1 is 1.13 bits per heavy atom. The van der Waals surface area contributed by atoms with Gasteiger partial charge in [0.2, 0.25) is 5.91 Å². The second-order valence-electron chi connectivity index (χ2n) is 6.25. The molecule has 0 radical (unpaired) electrons. The second-order valence-corrected chi connectivity index (χ2v) is 9.06. The summed E-state index contributed by atoms with van der Waals surface area (Å²) >= 11 is 11.9. The zero-order chi connectivity index (χ0) is 22.1. The number of rotatable bonds is 5. The van der Waals surface area contributed by atoms with Gasteiger partial charge in [-0.1, -0.05) is 23.2 Å². The van der Waals surface area contributed by atoms with Crippen LogP contribution in [0.25, 0.3) is 0 Å². The number of amidine groups is 1. The third-order valence-electron chi connectivity index (χ3n) is 4.24. The zero-order valence-corrected chi connectivity index (χ0v) is 18.3. The molecule has 1 aliphatic rings. The number of sulfonamides is 1. The van der Waals surface area contributed by atoms with Gasteiger partial charge in [-0.2, -0.15) is 0 Å². The third-order valence-corrected chi connectivity index (χ3v) is 6.55. The summed E-state index contributed by atoms with van der Waals surface area (Å²) in [5.41, 5.74) is 0.424. The van der Waals surface area contributed by atoms with Crippen LogP contribution in [-0.4, -0.2) is 44.1 Å². The summed E-state index contributed by atoms with van der Waals surface area (Å²) in [4.78, 5) is 29.0. The van der Waals surface area contributed by atoms with Gasteiger partial charge in [0.05, 0.1) is 30.0 Å². The van der Waals surface area contributed by atoms with Crippen molar-refractivity contribution in [3.63, 3.8) is 0 Å². The van der Waals surface area contributed by atoms with Crippen LogP contribution in [0.5, 0.6) is 0 Å². The van der Waals surface area contributed by atoms with Crippen LogP contribution in [0.4, 0.5) is 11.4 Å². The lowest BCUT2D eigenvalue weighted by atomic mass is 10.1. The van der Waals surface area contributed by atoms with E-state index in [1.54, 1.807) is 6.92 Å². The highest BCUT2D eigenvalue weighted by Crippen LogP contribution is 2.34. The van der Waals surface area contributed by atoms with Crippen molar-refractivity contribution in [2.24, 2.45) is 4.99 Å². The molecule has 0 atom stereocenters. The van der Waals surface area contributed by atoms with Gasteiger partial charge in [0.25, 0.3) is 10.0 Å². The summed E-state index contributed by atoms with van der Waals surface area (Å²) < 4.78 is 31.3. The predicted octanol–water partition coefficient (Wildman–Crippen LogP) is 3.86. The van der Waals surface area contributed by atoms with Gasteiger partial charge in [-0.05, 0) is 43.3 Å². The van der Waals surface area contributed by atoms with Crippen LogP contribution in [0.15, 0.2) is 46.3 Å². The Balaban J connectivity index is 1.88. The maximum atomic E-state index is 12.7. The summed E-state index contributed by atoms with van der Waals surface area (Å²) in [7, 11) is -2.56. The van der Waals surface area contributed by atoms with Crippen molar-refractivity contribution in [2.75, 3.05) is 19.0 Å². The predicted molar refractivity (Wildman–Crippen MR) is 114 cm³/mol. The summed E-state index contributed by atoms with van der Waals surface area (Å²) in [5.74, 6) is -1.21. The maximum Gasteiger partial charge on any atom is 0.340 e. The van der Waals surface area contributed by atoms with Gasteiger partial charge < -0.3 is 10.1 Å². The highest BCUT2D eigenvalue weighted by atomic mass is 35.5. The number of fused-ring (bicyclic) bond motifs is 1. The van der Waals surface area contributed by atoms with E-state index in [4.69, 9.17) is 27.9 Å². The van der Waals surface area contributed by atoms with Gasteiger partial charge in [-0.15, -0.1) is 0 Å². The minimum absolute atomic E-state index is 0.00183. The maximum absolute atomic E-state index is 12.7. The fourth-order valence-electron chi connectivity index (χ4n) is 2.79. The van der Waals surface area contributed by atoms with E-state index in [2.05, 4.69) is 10.3 Å². The molecule has 1 amide bonds. The molecule has 0 unspecified atom stereocenters. The molecule has 0 spiro atoms. The SMILES string of the molecule is CCOC(=O)c1ccc(Cl)cc1NC(=O)CC1=Nc2cc(Cl)ccc2S(=O)(=O)N1C. The van der Waals surface area contributed by atoms with Crippen molar-refractivity contribution in [3.05, 3.63) is 52.0 Å². The lowest BCUT2D eigenvalue weighted by Crippen LogP contribution is -2.37. The highest BCUT2D eigenvalue weighted by Gasteiger charge is 2.32. The molecule has 8 nitrogen and oxygen atoms in total. The molecule has 0 aromatic heterocycles. The number of ether oxygens (including phenoxy) is 1. The van der Waals surface area contributed by atoms with E-state index in [9.17, 15) is 18.0 Å². The molecule has 1 aliphatic heterocycles. The molecule has 11 heteroatoms. The first kappa shape index (κ1) is 22.1. The molecule has 1 heterocycles. The largest absolute Gasteiger partial charge is 0.462 e.